The quantitative estimate of drug-likeness (QED) is 0.827. The van der Waals surface area contributed by atoms with Crippen LogP contribution < -0.4 is 5.32 Å². The van der Waals surface area contributed by atoms with Gasteiger partial charge in [0.15, 0.2) is 0 Å². The molecule has 0 aromatic heterocycles. The fraction of sp³-hybridized carbons (Fsp3) is 0.333. The summed E-state index contributed by atoms with van der Waals surface area (Å²) in [6, 6.07) is 11.0. The molecule has 0 amide bonds. The van der Waals surface area contributed by atoms with E-state index in [2.05, 4.69) is 37.4 Å². The molecule has 1 atom stereocenters. The monoisotopic (exact) mass is 305 g/mol. The molecule has 0 spiro atoms. The Morgan fingerprint density at radius 3 is 2.48 bits per heavy atom. The highest BCUT2D eigenvalue weighted by Crippen LogP contribution is 2.32. The van der Waals surface area contributed by atoms with Crippen molar-refractivity contribution in [1.82, 2.24) is 5.32 Å². The smallest absolute Gasteiger partial charge is 0.129 e. The Kier molecular flexibility index (Phi) is 5.38. The van der Waals surface area contributed by atoms with Crippen molar-refractivity contribution in [2.75, 3.05) is 7.05 Å². The molecule has 0 aliphatic rings. The van der Waals surface area contributed by atoms with E-state index in [1.165, 1.54) is 17.2 Å². The summed E-state index contributed by atoms with van der Waals surface area (Å²) in [4.78, 5) is 0. The van der Waals surface area contributed by atoms with Crippen LogP contribution in [0, 0.1) is 5.82 Å². The van der Waals surface area contributed by atoms with Gasteiger partial charge < -0.3 is 5.32 Å². The first-order valence-electron chi connectivity index (χ1n) is 7.35. The van der Waals surface area contributed by atoms with Crippen LogP contribution in [0.3, 0.4) is 0 Å². The molecule has 0 saturated heterocycles. The van der Waals surface area contributed by atoms with Crippen LogP contribution in [-0.4, -0.2) is 7.05 Å². The number of halogens is 2. The predicted octanol–water partition coefficient (Wildman–Crippen LogP) is 4.91. The van der Waals surface area contributed by atoms with E-state index in [1.54, 1.807) is 12.1 Å². The van der Waals surface area contributed by atoms with Crippen LogP contribution in [0.4, 0.5) is 4.39 Å². The van der Waals surface area contributed by atoms with E-state index in [4.69, 9.17) is 11.6 Å². The summed E-state index contributed by atoms with van der Waals surface area (Å²) in [5.41, 5.74) is 4.08. The SMILES string of the molecule is CCc1ccc(CC)c(C(NC)c2c(F)cccc2Cl)c1. The normalized spacial score (nSPS) is 12.4. The van der Waals surface area contributed by atoms with Gasteiger partial charge in [0.1, 0.15) is 5.82 Å². The van der Waals surface area contributed by atoms with Gasteiger partial charge in [-0.1, -0.05) is 49.7 Å². The van der Waals surface area contributed by atoms with Gasteiger partial charge in [0.2, 0.25) is 0 Å². The lowest BCUT2D eigenvalue weighted by molar-refractivity contribution is 0.574. The van der Waals surface area contributed by atoms with Gasteiger partial charge in [0.05, 0.1) is 6.04 Å². The molecule has 0 saturated carbocycles. The van der Waals surface area contributed by atoms with Crippen molar-refractivity contribution in [3.8, 4) is 0 Å². The molecule has 0 aliphatic carbocycles. The summed E-state index contributed by atoms with van der Waals surface area (Å²) < 4.78 is 14.3. The number of benzene rings is 2. The van der Waals surface area contributed by atoms with Crippen LogP contribution in [0.2, 0.25) is 5.02 Å². The third kappa shape index (κ3) is 3.28. The molecule has 0 fully saturated rings. The van der Waals surface area contributed by atoms with Crippen molar-refractivity contribution in [3.63, 3.8) is 0 Å². The maximum absolute atomic E-state index is 14.3. The molecule has 112 valence electrons. The molecule has 2 aromatic carbocycles. The first kappa shape index (κ1) is 16.0. The minimum atomic E-state index is -0.272. The molecule has 0 radical (unpaired) electrons. The number of rotatable bonds is 5. The molecule has 0 aliphatic heterocycles. The Labute approximate surface area is 131 Å². The Morgan fingerprint density at radius 1 is 1.14 bits per heavy atom. The largest absolute Gasteiger partial charge is 0.309 e. The standard InChI is InChI=1S/C18H21ClFN/c1-4-12-9-10-13(5-2)14(11-12)18(21-3)17-15(19)7-6-8-16(17)20/h6-11,18,21H,4-5H2,1-3H3. The zero-order valence-electron chi connectivity index (χ0n) is 12.7. The van der Waals surface area contributed by atoms with Crippen LogP contribution in [-0.2, 0) is 12.8 Å². The van der Waals surface area contributed by atoms with Gasteiger partial charge in [-0.3, -0.25) is 0 Å². The zero-order valence-corrected chi connectivity index (χ0v) is 13.5. The van der Waals surface area contributed by atoms with E-state index < -0.39 is 0 Å². The van der Waals surface area contributed by atoms with Crippen LogP contribution in [0.25, 0.3) is 0 Å². The fourth-order valence-corrected chi connectivity index (χ4v) is 2.97. The van der Waals surface area contributed by atoms with Crippen molar-refractivity contribution in [1.29, 1.82) is 0 Å². The third-order valence-electron chi connectivity index (χ3n) is 3.89. The highest BCUT2D eigenvalue weighted by atomic mass is 35.5. The summed E-state index contributed by atoms with van der Waals surface area (Å²) in [6.45, 7) is 4.23. The van der Waals surface area contributed by atoms with Gasteiger partial charge >= 0.3 is 0 Å². The zero-order chi connectivity index (χ0) is 15.4. The van der Waals surface area contributed by atoms with E-state index in [9.17, 15) is 4.39 Å². The predicted molar refractivity (Wildman–Crippen MR) is 87.5 cm³/mol. The van der Waals surface area contributed by atoms with E-state index in [-0.39, 0.29) is 11.9 Å². The molecule has 0 heterocycles. The Balaban J connectivity index is 2.61. The van der Waals surface area contributed by atoms with Gasteiger partial charge in [-0.05, 0) is 48.7 Å². The van der Waals surface area contributed by atoms with Crippen molar-refractivity contribution in [2.45, 2.75) is 32.7 Å². The lowest BCUT2D eigenvalue weighted by Crippen LogP contribution is -2.21. The van der Waals surface area contributed by atoms with Crippen LogP contribution in [0.15, 0.2) is 36.4 Å². The van der Waals surface area contributed by atoms with E-state index in [1.807, 2.05) is 7.05 Å². The summed E-state index contributed by atoms with van der Waals surface area (Å²) in [7, 11) is 1.84. The summed E-state index contributed by atoms with van der Waals surface area (Å²) in [5.74, 6) is -0.272. The summed E-state index contributed by atoms with van der Waals surface area (Å²) >= 11 is 6.24. The Morgan fingerprint density at radius 2 is 1.90 bits per heavy atom. The van der Waals surface area contributed by atoms with E-state index in [0.717, 1.165) is 18.4 Å². The third-order valence-corrected chi connectivity index (χ3v) is 4.22. The molecule has 1 N–H and O–H groups in total. The fourth-order valence-electron chi connectivity index (χ4n) is 2.70. The van der Waals surface area contributed by atoms with Crippen molar-refractivity contribution >= 4 is 11.6 Å². The summed E-state index contributed by atoms with van der Waals surface area (Å²) in [6.07, 6.45) is 1.86. The second-order valence-corrected chi connectivity index (χ2v) is 5.50. The molecule has 1 unspecified atom stereocenters. The number of hydrogen-bond acceptors (Lipinski definition) is 1. The second kappa shape index (κ2) is 7.06. The van der Waals surface area contributed by atoms with Crippen molar-refractivity contribution < 1.29 is 4.39 Å². The van der Waals surface area contributed by atoms with Crippen molar-refractivity contribution in [2.24, 2.45) is 0 Å². The molecule has 1 nitrogen and oxygen atoms in total. The number of aryl methyl sites for hydroxylation is 2. The first-order chi connectivity index (χ1) is 10.1. The van der Waals surface area contributed by atoms with Crippen LogP contribution in [0.1, 0.15) is 42.1 Å². The van der Waals surface area contributed by atoms with Crippen LogP contribution in [0.5, 0.6) is 0 Å². The maximum Gasteiger partial charge on any atom is 0.129 e. The second-order valence-electron chi connectivity index (χ2n) is 5.10. The number of hydrogen-bond donors (Lipinski definition) is 1. The summed E-state index contributed by atoms with van der Waals surface area (Å²) in [5, 5.41) is 3.67. The highest BCUT2D eigenvalue weighted by Gasteiger charge is 2.21. The van der Waals surface area contributed by atoms with Crippen molar-refractivity contribution in [3.05, 3.63) is 69.5 Å². The first-order valence-corrected chi connectivity index (χ1v) is 7.73. The average molecular weight is 306 g/mol. The highest BCUT2D eigenvalue weighted by molar-refractivity contribution is 6.31. The molecule has 0 bridgehead atoms. The lowest BCUT2D eigenvalue weighted by atomic mass is 9.91. The average Bonchev–Trinajstić information content (AvgIpc) is 2.50. The van der Waals surface area contributed by atoms with E-state index in [0.29, 0.717) is 10.6 Å². The van der Waals surface area contributed by atoms with E-state index >= 15 is 0 Å². The topological polar surface area (TPSA) is 12.0 Å². The van der Waals surface area contributed by atoms with Gasteiger partial charge in [-0.2, -0.15) is 0 Å². The lowest BCUT2D eigenvalue weighted by Gasteiger charge is -2.22. The molecular weight excluding hydrogens is 285 g/mol. The van der Waals surface area contributed by atoms with Gasteiger partial charge in [-0.15, -0.1) is 0 Å². The van der Waals surface area contributed by atoms with Gasteiger partial charge in [-0.25, -0.2) is 4.39 Å². The van der Waals surface area contributed by atoms with Crippen LogP contribution >= 0.6 is 11.6 Å². The minimum absolute atomic E-state index is 0.236. The molecule has 2 aromatic rings. The Bertz CT molecular complexity index is 604. The minimum Gasteiger partial charge on any atom is -0.309 e. The van der Waals surface area contributed by atoms with Gasteiger partial charge in [0, 0.05) is 10.6 Å². The molecule has 21 heavy (non-hydrogen) atoms. The Hall–Kier alpha value is -1.38. The molecule has 3 heteroatoms. The number of nitrogens with one attached hydrogen (secondary N) is 1. The van der Waals surface area contributed by atoms with Gasteiger partial charge in [0.25, 0.3) is 0 Å². The maximum atomic E-state index is 14.3. The molecule has 2 rings (SSSR count). The molecular formula is C18H21ClFN.